The predicted molar refractivity (Wildman–Crippen MR) is 83.5 cm³/mol. The van der Waals surface area contributed by atoms with Crippen LogP contribution in [-0.2, 0) is 6.54 Å². The first-order valence-corrected chi connectivity index (χ1v) is 5.60. The van der Waals surface area contributed by atoms with E-state index in [1.165, 1.54) is 0 Å². The van der Waals surface area contributed by atoms with E-state index in [2.05, 4.69) is 21.7 Å². The Bertz CT molecular complexity index is 664. The molecule has 0 saturated heterocycles. The molecule has 3 nitrogen and oxygen atoms in total. The molecule has 0 amide bonds. The molecule has 0 aliphatic carbocycles. The van der Waals surface area contributed by atoms with Crippen LogP contribution in [0, 0.1) is 0 Å². The number of rotatable bonds is 2. The van der Waals surface area contributed by atoms with Crippen molar-refractivity contribution in [1.29, 1.82) is 0 Å². The van der Waals surface area contributed by atoms with Gasteiger partial charge in [0.15, 0.2) is 0 Å². The van der Waals surface area contributed by atoms with Gasteiger partial charge in [0, 0.05) is 6.54 Å². The lowest BCUT2D eigenvalue weighted by Crippen LogP contribution is -2.03. The third-order valence-electron chi connectivity index (χ3n) is 2.92. The second-order valence-electron chi connectivity index (χ2n) is 3.94. The Kier molecular flexibility index (Phi) is 5.36. The minimum Gasteiger partial charge on any atom is -0.326 e. The minimum atomic E-state index is 0. The van der Waals surface area contributed by atoms with Gasteiger partial charge in [-0.2, -0.15) is 0 Å². The van der Waals surface area contributed by atoms with E-state index >= 15 is 0 Å². The van der Waals surface area contributed by atoms with Gasteiger partial charge in [-0.3, -0.25) is 4.57 Å². The molecule has 3 aromatic rings. The van der Waals surface area contributed by atoms with Gasteiger partial charge in [-0.25, -0.2) is 4.98 Å². The summed E-state index contributed by atoms with van der Waals surface area (Å²) in [5.41, 5.74) is 10.1. The summed E-state index contributed by atoms with van der Waals surface area (Å²) in [6, 6.07) is 16.2. The van der Waals surface area contributed by atoms with Gasteiger partial charge in [-0.05, 0) is 23.8 Å². The quantitative estimate of drug-likeness (QED) is 0.788. The van der Waals surface area contributed by atoms with Crippen LogP contribution in [0.3, 0.4) is 0 Å². The van der Waals surface area contributed by atoms with Crippen LogP contribution in [0.15, 0.2) is 54.9 Å². The molecule has 0 aliphatic rings. The van der Waals surface area contributed by atoms with Crippen LogP contribution in [0.25, 0.3) is 16.7 Å². The van der Waals surface area contributed by atoms with Gasteiger partial charge in [0.1, 0.15) is 6.33 Å². The van der Waals surface area contributed by atoms with E-state index in [1.54, 1.807) is 0 Å². The topological polar surface area (TPSA) is 43.8 Å². The molecule has 0 spiro atoms. The number of hydrogen-bond acceptors (Lipinski definition) is 2. The average molecular weight is 296 g/mol. The molecule has 0 saturated carbocycles. The highest BCUT2D eigenvalue weighted by Gasteiger charge is 2.06. The van der Waals surface area contributed by atoms with E-state index in [1.807, 2.05) is 42.7 Å². The van der Waals surface area contributed by atoms with Gasteiger partial charge in [0.05, 0.1) is 16.7 Å². The maximum absolute atomic E-state index is 5.77. The number of para-hydroxylation sites is 3. The van der Waals surface area contributed by atoms with E-state index in [4.69, 9.17) is 5.73 Å². The second kappa shape index (κ2) is 6.57. The van der Waals surface area contributed by atoms with Crippen molar-refractivity contribution in [3.63, 3.8) is 0 Å². The maximum atomic E-state index is 5.77. The highest BCUT2D eigenvalue weighted by molar-refractivity contribution is 5.85. The highest BCUT2D eigenvalue weighted by Crippen LogP contribution is 2.20. The molecule has 0 radical (unpaired) electrons. The number of benzene rings is 2. The molecule has 2 N–H and O–H groups in total. The molecule has 0 bridgehead atoms. The largest absolute Gasteiger partial charge is 0.326 e. The molecule has 0 fully saturated rings. The number of aromatic nitrogens is 2. The van der Waals surface area contributed by atoms with Gasteiger partial charge < -0.3 is 5.73 Å². The number of nitrogens with zero attached hydrogens (tertiary/aromatic N) is 2. The number of halogens is 2. The van der Waals surface area contributed by atoms with Crippen LogP contribution in [0.1, 0.15) is 5.56 Å². The molecule has 3 rings (SSSR count). The Morgan fingerprint density at radius 2 is 1.63 bits per heavy atom. The summed E-state index contributed by atoms with van der Waals surface area (Å²) in [6.45, 7) is 0.530. The molecular weight excluding hydrogens is 281 g/mol. The summed E-state index contributed by atoms with van der Waals surface area (Å²) < 4.78 is 2.08. The van der Waals surface area contributed by atoms with Crippen molar-refractivity contribution in [3.8, 4) is 5.69 Å². The van der Waals surface area contributed by atoms with Gasteiger partial charge in [0.25, 0.3) is 0 Å². The highest BCUT2D eigenvalue weighted by atomic mass is 35.5. The van der Waals surface area contributed by atoms with E-state index in [9.17, 15) is 0 Å². The van der Waals surface area contributed by atoms with Crippen LogP contribution in [0.5, 0.6) is 0 Å². The van der Waals surface area contributed by atoms with E-state index in [0.717, 1.165) is 22.3 Å². The number of fused-ring (bicyclic) bond motifs is 1. The zero-order chi connectivity index (χ0) is 11.7. The monoisotopic (exact) mass is 295 g/mol. The zero-order valence-corrected chi connectivity index (χ0v) is 11.8. The SMILES string of the molecule is Cl.Cl.NCc1ccccc1-n1cnc2ccccc21. The molecule has 19 heavy (non-hydrogen) atoms. The van der Waals surface area contributed by atoms with Crippen molar-refractivity contribution >= 4 is 35.8 Å². The molecule has 0 unspecified atom stereocenters. The fourth-order valence-corrected chi connectivity index (χ4v) is 2.07. The Hall–Kier alpha value is -1.55. The first kappa shape index (κ1) is 15.5. The molecule has 100 valence electrons. The van der Waals surface area contributed by atoms with Crippen LogP contribution >= 0.6 is 24.8 Å². The van der Waals surface area contributed by atoms with E-state index in [-0.39, 0.29) is 24.8 Å². The summed E-state index contributed by atoms with van der Waals surface area (Å²) in [5.74, 6) is 0. The summed E-state index contributed by atoms with van der Waals surface area (Å²) in [4.78, 5) is 4.39. The predicted octanol–water partition coefficient (Wildman–Crippen LogP) is 3.33. The van der Waals surface area contributed by atoms with Crippen molar-refractivity contribution in [2.45, 2.75) is 6.54 Å². The van der Waals surface area contributed by atoms with Crippen molar-refractivity contribution in [1.82, 2.24) is 9.55 Å². The number of imidazole rings is 1. The molecule has 0 atom stereocenters. The number of hydrogen-bond donors (Lipinski definition) is 1. The van der Waals surface area contributed by atoms with Crippen LogP contribution in [-0.4, -0.2) is 9.55 Å². The first-order chi connectivity index (χ1) is 8.40. The molecule has 5 heteroatoms. The van der Waals surface area contributed by atoms with Gasteiger partial charge in [-0.15, -0.1) is 24.8 Å². The fraction of sp³-hybridized carbons (Fsp3) is 0.0714. The maximum Gasteiger partial charge on any atom is 0.100 e. The van der Waals surface area contributed by atoms with E-state index < -0.39 is 0 Å². The lowest BCUT2D eigenvalue weighted by molar-refractivity contribution is 1.00. The lowest BCUT2D eigenvalue weighted by Gasteiger charge is -2.09. The van der Waals surface area contributed by atoms with Crippen molar-refractivity contribution in [2.75, 3.05) is 0 Å². The Labute approximate surface area is 124 Å². The average Bonchev–Trinajstić information content (AvgIpc) is 2.82. The Morgan fingerprint density at radius 1 is 0.947 bits per heavy atom. The zero-order valence-electron chi connectivity index (χ0n) is 10.2. The summed E-state index contributed by atoms with van der Waals surface area (Å²) >= 11 is 0. The fourth-order valence-electron chi connectivity index (χ4n) is 2.07. The molecule has 0 aliphatic heterocycles. The minimum absolute atomic E-state index is 0. The lowest BCUT2D eigenvalue weighted by atomic mass is 10.1. The normalized spacial score (nSPS) is 9.74. The standard InChI is InChI=1S/C14H13N3.2ClH/c15-9-11-5-1-3-7-13(11)17-10-16-12-6-2-4-8-14(12)17;;/h1-8,10H,9,15H2;2*1H. The van der Waals surface area contributed by atoms with Crippen LogP contribution in [0.2, 0.25) is 0 Å². The smallest absolute Gasteiger partial charge is 0.100 e. The van der Waals surface area contributed by atoms with Gasteiger partial charge in [-0.1, -0.05) is 30.3 Å². The van der Waals surface area contributed by atoms with Crippen molar-refractivity contribution in [2.24, 2.45) is 5.73 Å². The Balaban J connectivity index is 0.000000902. The molecule has 1 heterocycles. The van der Waals surface area contributed by atoms with Crippen LogP contribution in [0.4, 0.5) is 0 Å². The summed E-state index contributed by atoms with van der Waals surface area (Å²) in [6.07, 6.45) is 1.85. The van der Waals surface area contributed by atoms with Crippen molar-refractivity contribution in [3.05, 3.63) is 60.4 Å². The summed E-state index contributed by atoms with van der Waals surface area (Å²) in [5, 5.41) is 0. The van der Waals surface area contributed by atoms with E-state index in [0.29, 0.717) is 6.54 Å². The van der Waals surface area contributed by atoms with Gasteiger partial charge in [0.2, 0.25) is 0 Å². The van der Waals surface area contributed by atoms with Gasteiger partial charge >= 0.3 is 0 Å². The Morgan fingerprint density at radius 3 is 2.42 bits per heavy atom. The summed E-state index contributed by atoms with van der Waals surface area (Å²) in [7, 11) is 0. The third-order valence-corrected chi connectivity index (χ3v) is 2.92. The first-order valence-electron chi connectivity index (χ1n) is 5.60. The van der Waals surface area contributed by atoms with Crippen molar-refractivity contribution < 1.29 is 0 Å². The molecule has 2 aromatic carbocycles. The second-order valence-corrected chi connectivity index (χ2v) is 3.94. The third kappa shape index (κ3) is 2.73. The van der Waals surface area contributed by atoms with Crippen LogP contribution < -0.4 is 5.73 Å². The molecular formula is C14H15Cl2N3. The molecule has 1 aromatic heterocycles. The number of nitrogens with two attached hydrogens (primary N) is 1.